The average molecular weight is 397 g/mol. The quantitative estimate of drug-likeness (QED) is 0.767. The topological polar surface area (TPSA) is 59.1 Å². The molecule has 1 spiro atoms. The third-order valence-electron chi connectivity index (χ3n) is 5.18. The summed E-state index contributed by atoms with van der Waals surface area (Å²) < 4.78 is 11.4. The average Bonchev–Trinajstić information content (AvgIpc) is 3.32. The fourth-order valence-electron chi connectivity index (χ4n) is 3.70. The van der Waals surface area contributed by atoms with Crippen molar-refractivity contribution in [1.82, 2.24) is 9.80 Å². The van der Waals surface area contributed by atoms with E-state index < -0.39 is 11.8 Å². The minimum atomic E-state index is -0.506. The number of piperidine rings is 1. The molecule has 140 valence electrons. The monoisotopic (exact) mass is 396 g/mol. The summed E-state index contributed by atoms with van der Waals surface area (Å²) >= 11 is 7.76. The van der Waals surface area contributed by atoms with E-state index in [2.05, 4.69) is 0 Å². The van der Waals surface area contributed by atoms with Crippen LogP contribution in [-0.2, 0) is 14.3 Å². The molecule has 3 fully saturated rings. The molecule has 0 aliphatic carbocycles. The van der Waals surface area contributed by atoms with Crippen LogP contribution in [-0.4, -0.2) is 71.4 Å². The fraction of sp³-hybridized carbons (Fsp3) is 0.556. The highest BCUT2D eigenvalue weighted by Gasteiger charge is 2.44. The van der Waals surface area contributed by atoms with Crippen molar-refractivity contribution < 1.29 is 19.1 Å². The number of rotatable bonds is 2. The number of carbonyl (C=O) groups is 2. The van der Waals surface area contributed by atoms with Gasteiger partial charge in [0.2, 0.25) is 5.91 Å². The molecule has 0 N–H and O–H groups in total. The van der Waals surface area contributed by atoms with Gasteiger partial charge in [0, 0.05) is 31.7 Å². The molecule has 2 amide bonds. The summed E-state index contributed by atoms with van der Waals surface area (Å²) in [4.78, 5) is 29.4. The first-order valence-electron chi connectivity index (χ1n) is 8.80. The van der Waals surface area contributed by atoms with Crippen LogP contribution in [0.2, 0.25) is 5.02 Å². The Morgan fingerprint density at radius 2 is 1.85 bits per heavy atom. The number of hydrogen-bond acceptors (Lipinski definition) is 5. The number of hydrogen-bond donors (Lipinski definition) is 0. The molecule has 3 aliphatic heterocycles. The summed E-state index contributed by atoms with van der Waals surface area (Å²) in [6.45, 7) is 2.42. The van der Waals surface area contributed by atoms with E-state index in [9.17, 15) is 9.59 Å². The second-order valence-corrected chi connectivity index (χ2v) is 8.11. The summed E-state index contributed by atoms with van der Waals surface area (Å²) in [7, 11) is 0. The first-order valence-corrected chi connectivity index (χ1v) is 10.3. The zero-order chi connectivity index (χ0) is 18.1. The molecule has 1 aromatic carbocycles. The zero-order valence-electron chi connectivity index (χ0n) is 14.4. The van der Waals surface area contributed by atoms with Crippen molar-refractivity contribution in [3.8, 4) is 0 Å². The van der Waals surface area contributed by atoms with Crippen LogP contribution in [0, 0.1) is 0 Å². The van der Waals surface area contributed by atoms with Crippen LogP contribution in [0.3, 0.4) is 0 Å². The van der Waals surface area contributed by atoms with Gasteiger partial charge in [-0.25, -0.2) is 0 Å². The van der Waals surface area contributed by atoms with Gasteiger partial charge >= 0.3 is 0 Å². The number of carbonyl (C=O) groups excluding carboxylic acids is 2. The molecule has 1 unspecified atom stereocenters. The van der Waals surface area contributed by atoms with Crippen molar-refractivity contribution >= 4 is 35.2 Å². The molecule has 8 heteroatoms. The van der Waals surface area contributed by atoms with Crippen LogP contribution in [0.25, 0.3) is 0 Å². The van der Waals surface area contributed by atoms with Crippen molar-refractivity contribution in [3.05, 3.63) is 34.9 Å². The normalized spacial score (nSPS) is 25.0. The molecule has 1 aromatic rings. The van der Waals surface area contributed by atoms with Crippen LogP contribution in [0.5, 0.6) is 0 Å². The Labute approximate surface area is 161 Å². The molecule has 4 rings (SSSR count). The van der Waals surface area contributed by atoms with E-state index in [0.717, 1.165) is 0 Å². The maximum Gasteiger partial charge on any atom is 0.256 e. The summed E-state index contributed by atoms with van der Waals surface area (Å²) in [6.07, 6.45) is 1.36. The van der Waals surface area contributed by atoms with E-state index >= 15 is 0 Å². The number of benzene rings is 1. The molecule has 1 atom stereocenters. The third-order valence-corrected chi connectivity index (χ3v) is 6.52. The Bertz CT molecular complexity index is 700. The molecule has 0 bridgehead atoms. The number of amides is 2. The summed E-state index contributed by atoms with van der Waals surface area (Å²) in [5.74, 6) is 0.431. The number of halogens is 1. The SMILES string of the molecule is O=C(C1CSCN1C(=O)c1ccccc1Cl)N1CCC2(CC1)OCCO2. The van der Waals surface area contributed by atoms with Gasteiger partial charge in [0.25, 0.3) is 5.91 Å². The molecule has 0 aromatic heterocycles. The van der Waals surface area contributed by atoms with Crippen molar-refractivity contribution in [2.24, 2.45) is 0 Å². The Morgan fingerprint density at radius 1 is 1.15 bits per heavy atom. The molecule has 3 aliphatic rings. The highest BCUT2D eigenvalue weighted by atomic mass is 35.5. The van der Waals surface area contributed by atoms with Crippen molar-refractivity contribution in [2.45, 2.75) is 24.7 Å². The highest BCUT2D eigenvalue weighted by Crippen LogP contribution is 2.33. The van der Waals surface area contributed by atoms with E-state index in [0.29, 0.717) is 61.4 Å². The molecule has 6 nitrogen and oxygen atoms in total. The van der Waals surface area contributed by atoms with Crippen LogP contribution in [0.15, 0.2) is 24.3 Å². The predicted molar refractivity (Wildman–Crippen MR) is 99.2 cm³/mol. The minimum Gasteiger partial charge on any atom is -0.347 e. The predicted octanol–water partition coefficient (Wildman–Crippen LogP) is 2.22. The van der Waals surface area contributed by atoms with Gasteiger partial charge in [-0.1, -0.05) is 23.7 Å². The maximum atomic E-state index is 13.0. The van der Waals surface area contributed by atoms with Gasteiger partial charge in [-0.15, -0.1) is 11.8 Å². The molecule has 3 heterocycles. The Hall–Kier alpha value is -1.28. The van der Waals surface area contributed by atoms with E-state index in [1.165, 1.54) is 0 Å². The van der Waals surface area contributed by atoms with Crippen LogP contribution >= 0.6 is 23.4 Å². The van der Waals surface area contributed by atoms with Gasteiger partial charge in [0.1, 0.15) is 6.04 Å². The first-order chi connectivity index (χ1) is 12.6. The molecule has 3 saturated heterocycles. The number of likely N-dealkylation sites (tertiary alicyclic amines) is 1. The molecular formula is C18H21ClN2O4S. The highest BCUT2D eigenvalue weighted by molar-refractivity contribution is 7.99. The number of nitrogens with zero attached hydrogens (tertiary/aromatic N) is 2. The zero-order valence-corrected chi connectivity index (χ0v) is 15.9. The van der Waals surface area contributed by atoms with E-state index in [4.69, 9.17) is 21.1 Å². The lowest BCUT2D eigenvalue weighted by Crippen LogP contribution is -2.54. The lowest BCUT2D eigenvalue weighted by atomic mass is 10.0. The molecule has 0 saturated carbocycles. The van der Waals surface area contributed by atoms with Crippen molar-refractivity contribution in [1.29, 1.82) is 0 Å². The van der Waals surface area contributed by atoms with Gasteiger partial charge in [-0.3, -0.25) is 9.59 Å². The van der Waals surface area contributed by atoms with Crippen LogP contribution in [0.1, 0.15) is 23.2 Å². The second kappa shape index (κ2) is 7.38. The Balaban J connectivity index is 1.44. The standard InChI is InChI=1S/C18H21ClN2O4S/c19-14-4-2-1-3-13(14)16(22)21-12-26-11-15(21)17(23)20-7-5-18(6-8-20)24-9-10-25-18/h1-4,15H,5-12H2. The van der Waals surface area contributed by atoms with Gasteiger partial charge in [0.05, 0.1) is 29.7 Å². The molecule has 26 heavy (non-hydrogen) atoms. The number of thioether (sulfide) groups is 1. The fourth-order valence-corrected chi connectivity index (χ4v) is 5.06. The maximum absolute atomic E-state index is 13.0. The largest absolute Gasteiger partial charge is 0.347 e. The van der Waals surface area contributed by atoms with Crippen LogP contribution in [0.4, 0.5) is 0 Å². The van der Waals surface area contributed by atoms with Gasteiger partial charge in [-0.05, 0) is 12.1 Å². The summed E-state index contributed by atoms with van der Waals surface area (Å²) in [5.41, 5.74) is 0.444. The van der Waals surface area contributed by atoms with Gasteiger partial charge in [-0.2, -0.15) is 0 Å². The van der Waals surface area contributed by atoms with E-state index in [1.54, 1.807) is 40.9 Å². The lowest BCUT2D eigenvalue weighted by Gasteiger charge is -2.39. The number of ether oxygens (including phenoxy) is 2. The third kappa shape index (κ3) is 3.33. The Morgan fingerprint density at radius 3 is 2.54 bits per heavy atom. The smallest absolute Gasteiger partial charge is 0.256 e. The minimum absolute atomic E-state index is 0.00301. The van der Waals surface area contributed by atoms with Crippen LogP contribution < -0.4 is 0 Å². The molecular weight excluding hydrogens is 376 g/mol. The molecule has 0 radical (unpaired) electrons. The van der Waals surface area contributed by atoms with E-state index in [1.807, 2.05) is 4.90 Å². The van der Waals surface area contributed by atoms with Crippen molar-refractivity contribution in [3.63, 3.8) is 0 Å². The summed E-state index contributed by atoms with van der Waals surface area (Å²) in [6, 6.07) is 6.53. The van der Waals surface area contributed by atoms with E-state index in [-0.39, 0.29) is 11.8 Å². The first kappa shape index (κ1) is 18.1. The van der Waals surface area contributed by atoms with Gasteiger partial charge < -0.3 is 19.3 Å². The lowest BCUT2D eigenvalue weighted by molar-refractivity contribution is -0.188. The van der Waals surface area contributed by atoms with Gasteiger partial charge in [0.15, 0.2) is 5.79 Å². The second-order valence-electron chi connectivity index (χ2n) is 6.70. The summed E-state index contributed by atoms with van der Waals surface area (Å²) in [5, 5.41) is 0.413. The van der Waals surface area contributed by atoms with Crippen molar-refractivity contribution in [2.75, 3.05) is 37.9 Å². The Kier molecular flexibility index (Phi) is 5.14.